The van der Waals surface area contributed by atoms with Gasteiger partial charge < -0.3 is 5.11 Å². The van der Waals surface area contributed by atoms with Crippen LogP contribution in [0.3, 0.4) is 0 Å². The van der Waals surface area contributed by atoms with Crippen molar-refractivity contribution >= 4 is 0 Å². The Kier molecular flexibility index (Phi) is 3.99. The zero-order valence-corrected chi connectivity index (χ0v) is 8.88. The highest BCUT2D eigenvalue weighted by molar-refractivity contribution is 5.43. The predicted octanol–water partition coefficient (Wildman–Crippen LogP) is 4.21. The van der Waals surface area contributed by atoms with Gasteiger partial charge in [0.25, 0.3) is 0 Å². The molecule has 0 aromatic rings. The highest BCUT2D eigenvalue weighted by atomic mass is 19.4. The molecule has 0 atom stereocenters. The Morgan fingerprint density at radius 3 is 2.38 bits per heavy atom. The minimum Gasteiger partial charge on any atom is -0.507 e. The number of hydrogen-bond donors (Lipinski definition) is 1. The molecule has 1 nitrogen and oxygen atoms in total. The van der Waals surface area contributed by atoms with E-state index in [4.69, 9.17) is 0 Å². The summed E-state index contributed by atoms with van der Waals surface area (Å²) in [6.07, 6.45) is 2.92. The van der Waals surface area contributed by atoms with Gasteiger partial charge in [0.1, 0.15) is 5.76 Å². The van der Waals surface area contributed by atoms with Gasteiger partial charge in [0.15, 0.2) is 0 Å². The molecule has 1 saturated carbocycles. The second kappa shape index (κ2) is 5.05. The first-order valence-corrected chi connectivity index (χ1v) is 4.94. The maximum absolute atomic E-state index is 12.0. The molecule has 1 N–H and O–H groups in total. The van der Waals surface area contributed by atoms with Crippen LogP contribution in [0.15, 0.2) is 47.3 Å². The largest absolute Gasteiger partial charge is 0.507 e. The van der Waals surface area contributed by atoms with Crippen molar-refractivity contribution in [3.8, 4) is 0 Å². The lowest BCUT2D eigenvalue weighted by atomic mass is 10.1. The minimum atomic E-state index is -4.36. The van der Waals surface area contributed by atoms with E-state index < -0.39 is 6.18 Å². The molecule has 0 aromatic carbocycles. The fraction of sp³-hybridized carbons (Fsp3) is 0.333. The van der Waals surface area contributed by atoms with Gasteiger partial charge in [-0.1, -0.05) is 18.2 Å². The van der Waals surface area contributed by atoms with Crippen LogP contribution in [-0.2, 0) is 0 Å². The van der Waals surface area contributed by atoms with Crippen molar-refractivity contribution in [2.24, 2.45) is 0 Å². The van der Waals surface area contributed by atoms with Crippen LogP contribution in [0.4, 0.5) is 13.2 Å². The van der Waals surface area contributed by atoms with Crippen molar-refractivity contribution in [2.75, 3.05) is 0 Å². The third-order valence-corrected chi connectivity index (χ3v) is 2.03. The van der Waals surface area contributed by atoms with Crippen LogP contribution in [0.2, 0.25) is 0 Å². The first-order valence-electron chi connectivity index (χ1n) is 4.94. The van der Waals surface area contributed by atoms with Crippen LogP contribution in [-0.4, -0.2) is 11.3 Å². The van der Waals surface area contributed by atoms with Crippen molar-refractivity contribution in [3.63, 3.8) is 0 Å². The van der Waals surface area contributed by atoms with Crippen molar-refractivity contribution in [1.29, 1.82) is 0 Å². The Hall–Kier alpha value is -1.45. The van der Waals surface area contributed by atoms with Gasteiger partial charge in [-0.3, -0.25) is 0 Å². The summed E-state index contributed by atoms with van der Waals surface area (Å²) in [5.74, 6) is -0.0291. The molecule has 0 aliphatic heterocycles. The summed E-state index contributed by atoms with van der Waals surface area (Å²) in [5, 5.41) is 9.63. The summed E-state index contributed by atoms with van der Waals surface area (Å²) in [7, 11) is 0. The van der Waals surface area contributed by atoms with E-state index in [1.807, 2.05) is 0 Å². The SMILES string of the molecule is C\C=C/C=C(\C=C\C(F)(F)F)C(O)=C1CC1. The average Bonchev–Trinajstić information content (AvgIpc) is 2.98. The van der Waals surface area contributed by atoms with Gasteiger partial charge in [0, 0.05) is 11.6 Å². The van der Waals surface area contributed by atoms with E-state index in [2.05, 4.69) is 0 Å². The molecule has 1 rings (SSSR count). The molecule has 0 bridgehead atoms. The Balaban J connectivity index is 2.89. The van der Waals surface area contributed by atoms with Gasteiger partial charge in [0.05, 0.1) is 0 Å². The average molecular weight is 230 g/mol. The lowest BCUT2D eigenvalue weighted by Gasteiger charge is -2.01. The summed E-state index contributed by atoms with van der Waals surface area (Å²) in [5.41, 5.74) is 1.01. The summed E-state index contributed by atoms with van der Waals surface area (Å²) >= 11 is 0. The number of alkyl halides is 3. The summed E-state index contributed by atoms with van der Waals surface area (Å²) in [6.45, 7) is 1.75. The zero-order chi connectivity index (χ0) is 12.2. The molecular weight excluding hydrogens is 217 g/mol. The molecule has 16 heavy (non-hydrogen) atoms. The third-order valence-electron chi connectivity index (χ3n) is 2.03. The molecule has 1 aliphatic rings. The number of aliphatic hydroxyl groups is 1. The lowest BCUT2D eigenvalue weighted by molar-refractivity contribution is -0.0798. The molecule has 88 valence electrons. The van der Waals surface area contributed by atoms with Crippen LogP contribution in [0.1, 0.15) is 19.8 Å². The zero-order valence-electron chi connectivity index (χ0n) is 8.88. The molecule has 0 unspecified atom stereocenters. The molecule has 0 heterocycles. The molecule has 4 heteroatoms. The van der Waals surface area contributed by atoms with E-state index in [-0.39, 0.29) is 17.4 Å². The molecule has 0 amide bonds. The van der Waals surface area contributed by atoms with Crippen LogP contribution < -0.4 is 0 Å². The van der Waals surface area contributed by atoms with Gasteiger partial charge >= 0.3 is 6.18 Å². The molecule has 0 aromatic heterocycles. The van der Waals surface area contributed by atoms with Gasteiger partial charge in [-0.2, -0.15) is 13.2 Å². The van der Waals surface area contributed by atoms with E-state index >= 15 is 0 Å². The Morgan fingerprint density at radius 1 is 1.31 bits per heavy atom. The molecule has 0 spiro atoms. The second-order valence-corrected chi connectivity index (χ2v) is 3.47. The second-order valence-electron chi connectivity index (χ2n) is 3.47. The van der Waals surface area contributed by atoms with Crippen molar-refractivity contribution in [1.82, 2.24) is 0 Å². The highest BCUT2D eigenvalue weighted by Crippen LogP contribution is 2.34. The van der Waals surface area contributed by atoms with Crippen LogP contribution in [0.5, 0.6) is 0 Å². The van der Waals surface area contributed by atoms with Crippen LogP contribution >= 0.6 is 0 Å². The Bertz CT molecular complexity index is 364. The number of allylic oxidation sites excluding steroid dienone is 6. The number of hydrogen-bond acceptors (Lipinski definition) is 1. The van der Waals surface area contributed by atoms with Crippen molar-refractivity contribution in [3.05, 3.63) is 47.3 Å². The normalized spacial score (nSPS) is 17.5. The lowest BCUT2D eigenvalue weighted by Crippen LogP contribution is -2.01. The maximum Gasteiger partial charge on any atom is 0.409 e. The van der Waals surface area contributed by atoms with E-state index in [1.165, 1.54) is 6.08 Å². The predicted molar refractivity (Wildman–Crippen MR) is 57.0 cm³/mol. The first-order chi connectivity index (χ1) is 7.44. The van der Waals surface area contributed by atoms with E-state index in [0.29, 0.717) is 0 Å². The third kappa shape index (κ3) is 4.38. The molecular formula is C12H13F3O. The number of aliphatic hydroxyl groups excluding tert-OH is 1. The fourth-order valence-corrected chi connectivity index (χ4v) is 1.10. The number of halogens is 3. The van der Waals surface area contributed by atoms with Crippen molar-refractivity contribution in [2.45, 2.75) is 25.9 Å². The highest BCUT2D eigenvalue weighted by Gasteiger charge is 2.23. The van der Waals surface area contributed by atoms with Gasteiger partial charge in [-0.25, -0.2) is 0 Å². The molecule has 1 aliphatic carbocycles. The summed E-state index contributed by atoms with van der Waals surface area (Å²) in [4.78, 5) is 0. The smallest absolute Gasteiger partial charge is 0.409 e. The summed E-state index contributed by atoms with van der Waals surface area (Å²) in [6, 6.07) is 0. The Morgan fingerprint density at radius 2 is 1.94 bits per heavy atom. The fourth-order valence-electron chi connectivity index (χ4n) is 1.10. The molecule has 0 radical (unpaired) electrons. The number of rotatable bonds is 3. The topological polar surface area (TPSA) is 20.2 Å². The summed E-state index contributed by atoms with van der Waals surface area (Å²) < 4.78 is 36.0. The van der Waals surface area contributed by atoms with Gasteiger partial charge in [-0.05, 0) is 31.4 Å². The maximum atomic E-state index is 12.0. The van der Waals surface area contributed by atoms with Crippen LogP contribution in [0, 0.1) is 0 Å². The van der Waals surface area contributed by atoms with Gasteiger partial charge in [-0.15, -0.1) is 0 Å². The van der Waals surface area contributed by atoms with E-state index in [0.717, 1.165) is 24.5 Å². The van der Waals surface area contributed by atoms with Gasteiger partial charge in [0.2, 0.25) is 0 Å². The van der Waals surface area contributed by atoms with E-state index in [1.54, 1.807) is 19.1 Å². The Labute approximate surface area is 92.3 Å². The van der Waals surface area contributed by atoms with E-state index in [9.17, 15) is 18.3 Å². The quantitative estimate of drug-likeness (QED) is 0.568. The molecule has 1 fully saturated rings. The molecule has 0 saturated heterocycles. The first kappa shape index (κ1) is 12.6. The van der Waals surface area contributed by atoms with Crippen LogP contribution in [0.25, 0.3) is 0 Å². The standard InChI is InChI=1S/C12H13F3O/c1-2-3-4-9(7-8-12(13,14)15)11(16)10-5-6-10/h2-4,7-8,16H,5-6H2,1H3/b3-2-,8-7+,9-4+. The minimum absolute atomic E-state index is 0.0291. The monoisotopic (exact) mass is 230 g/mol. The van der Waals surface area contributed by atoms with Crippen molar-refractivity contribution < 1.29 is 18.3 Å².